The van der Waals surface area contributed by atoms with Gasteiger partial charge in [0.15, 0.2) is 11.2 Å². The fourth-order valence-corrected chi connectivity index (χ4v) is 4.05. The van der Waals surface area contributed by atoms with Crippen molar-refractivity contribution in [1.29, 1.82) is 0 Å². The molecule has 0 aliphatic carbocycles. The Labute approximate surface area is 172 Å². The molecule has 3 aromatic rings. The van der Waals surface area contributed by atoms with Crippen LogP contribution in [0.25, 0.3) is 16.9 Å². The average molecular weight is 417 g/mol. The fraction of sp³-hybridized carbons (Fsp3) is 0.579. The molecule has 0 unspecified atom stereocenters. The Hall–Kier alpha value is -3.08. The highest BCUT2D eigenvalue weighted by Gasteiger charge is 2.23. The number of H-pyrrole nitrogens is 1. The van der Waals surface area contributed by atoms with Gasteiger partial charge in [-0.2, -0.15) is 4.98 Å². The number of hydrogen-bond donors (Lipinski definition) is 1. The second-order valence-electron chi connectivity index (χ2n) is 7.59. The van der Waals surface area contributed by atoms with Gasteiger partial charge in [-0.1, -0.05) is 0 Å². The zero-order chi connectivity index (χ0) is 21.6. The fourth-order valence-electron chi connectivity index (χ4n) is 4.05. The van der Waals surface area contributed by atoms with Crippen LogP contribution in [0.5, 0.6) is 0 Å². The van der Waals surface area contributed by atoms with E-state index in [-0.39, 0.29) is 6.09 Å². The maximum atomic E-state index is 12.4. The van der Waals surface area contributed by atoms with E-state index in [2.05, 4.69) is 19.4 Å². The molecule has 11 nitrogen and oxygen atoms in total. The molecular formula is C19H27N7O4. The molecule has 1 amide bonds. The highest BCUT2D eigenvalue weighted by atomic mass is 16.6. The summed E-state index contributed by atoms with van der Waals surface area (Å²) < 4.78 is 10.3. The number of fused-ring (bicyclic) bond motifs is 3. The van der Waals surface area contributed by atoms with Gasteiger partial charge < -0.3 is 14.2 Å². The molecule has 0 radical (unpaired) electrons. The van der Waals surface area contributed by atoms with Crippen LogP contribution in [0.3, 0.4) is 0 Å². The van der Waals surface area contributed by atoms with E-state index >= 15 is 0 Å². The molecule has 1 fully saturated rings. The van der Waals surface area contributed by atoms with Crippen molar-refractivity contribution in [2.75, 3.05) is 39.3 Å². The zero-order valence-electron chi connectivity index (χ0n) is 17.8. The lowest BCUT2D eigenvalue weighted by Crippen LogP contribution is -2.49. The van der Waals surface area contributed by atoms with Gasteiger partial charge in [-0.15, -0.1) is 0 Å². The molecule has 0 spiro atoms. The third kappa shape index (κ3) is 3.18. The number of aromatic nitrogens is 5. The summed E-state index contributed by atoms with van der Waals surface area (Å²) in [6.45, 7) is 10.5. The lowest BCUT2D eigenvalue weighted by atomic mass is 10.3. The minimum absolute atomic E-state index is 0.254. The van der Waals surface area contributed by atoms with E-state index in [4.69, 9.17) is 4.74 Å². The Morgan fingerprint density at radius 2 is 1.80 bits per heavy atom. The van der Waals surface area contributed by atoms with E-state index in [0.717, 1.165) is 31.0 Å². The molecular weight excluding hydrogens is 390 g/mol. The lowest BCUT2D eigenvalue weighted by Gasteiger charge is -2.34. The SMILES string of the molecule is CCOC(=O)N1CCN(CCn2c(C)c(C)n3c4c(=O)[nH]c(=O)n(C)c4nc23)CC1. The highest BCUT2D eigenvalue weighted by Crippen LogP contribution is 2.20. The Bertz CT molecular complexity index is 1220. The van der Waals surface area contributed by atoms with E-state index in [1.54, 1.807) is 18.9 Å². The van der Waals surface area contributed by atoms with Crippen LogP contribution < -0.4 is 11.2 Å². The van der Waals surface area contributed by atoms with Crippen molar-refractivity contribution >= 4 is 23.0 Å². The molecule has 162 valence electrons. The molecule has 1 aliphatic heterocycles. The summed E-state index contributed by atoms with van der Waals surface area (Å²) in [4.78, 5) is 47.3. The number of nitrogens with zero attached hydrogens (tertiary/aromatic N) is 6. The number of amides is 1. The first-order valence-electron chi connectivity index (χ1n) is 10.1. The van der Waals surface area contributed by atoms with Crippen molar-refractivity contribution in [3.63, 3.8) is 0 Å². The normalized spacial score (nSPS) is 15.4. The van der Waals surface area contributed by atoms with E-state index in [9.17, 15) is 14.4 Å². The van der Waals surface area contributed by atoms with Crippen LogP contribution in [0.15, 0.2) is 9.59 Å². The van der Waals surface area contributed by atoms with Crippen LogP contribution in [0.1, 0.15) is 18.3 Å². The monoisotopic (exact) mass is 417 g/mol. The first-order chi connectivity index (χ1) is 14.3. The number of carbonyl (C=O) groups excluding carboxylic acids is 1. The van der Waals surface area contributed by atoms with Crippen LogP contribution in [0.4, 0.5) is 4.79 Å². The molecule has 1 saturated heterocycles. The minimum atomic E-state index is -0.478. The molecule has 1 aliphatic rings. The maximum absolute atomic E-state index is 12.4. The number of ether oxygens (including phenoxy) is 1. The maximum Gasteiger partial charge on any atom is 0.409 e. The number of aryl methyl sites for hydroxylation is 2. The first-order valence-corrected chi connectivity index (χ1v) is 10.1. The number of piperazine rings is 1. The smallest absolute Gasteiger partial charge is 0.409 e. The van der Waals surface area contributed by atoms with Crippen molar-refractivity contribution in [2.24, 2.45) is 7.05 Å². The summed E-state index contributed by atoms with van der Waals surface area (Å²) in [5.74, 6) is 0.650. The van der Waals surface area contributed by atoms with E-state index in [0.29, 0.717) is 43.2 Å². The van der Waals surface area contributed by atoms with Gasteiger partial charge >= 0.3 is 11.8 Å². The zero-order valence-corrected chi connectivity index (χ0v) is 17.8. The van der Waals surface area contributed by atoms with Gasteiger partial charge in [0, 0.05) is 57.7 Å². The van der Waals surface area contributed by atoms with Gasteiger partial charge in [-0.05, 0) is 20.8 Å². The molecule has 0 bridgehead atoms. The molecule has 0 atom stereocenters. The molecule has 3 aromatic heterocycles. The minimum Gasteiger partial charge on any atom is -0.450 e. The molecule has 4 heterocycles. The summed E-state index contributed by atoms with van der Waals surface area (Å²) in [5.41, 5.74) is 1.79. The number of imidazole rings is 2. The average Bonchev–Trinajstić information content (AvgIpc) is 3.22. The summed E-state index contributed by atoms with van der Waals surface area (Å²) >= 11 is 0. The van der Waals surface area contributed by atoms with Crippen molar-refractivity contribution in [2.45, 2.75) is 27.3 Å². The Morgan fingerprint density at radius 3 is 2.47 bits per heavy atom. The number of aromatic amines is 1. The van der Waals surface area contributed by atoms with Gasteiger partial charge in [0.05, 0.1) is 6.61 Å². The summed E-state index contributed by atoms with van der Waals surface area (Å²) in [5, 5.41) is 0. The van der Waals surface area contributed by atoms with Crippen molar-refractivity contribution < 1.29 is 9.53 Å². The van der Waals surface area contributed by atoms with E-state index in [1.165, 1.54) is 4.57 Å². The number of carbonyl (C=O) groups is 1. The number of rotatable bonds is 4. The topological polar surface area (TPSA) is 110 Å². The van der Waals surface area contributed by atoms with Crippen LogP contribution in [0, 0.1) is 13.8 Å². The van der Waals surface area contributed by atoms with Crippen LogP contribution >= 0.6 is 0 Å². The predicted octanol–water partition coefficient (Wildman–Crippen LogP) is 0.0669. The van der Waals surface area contributed by atoms with Crippen molar-refractivity contribution in [3.05, 3.63) is 32.2 Å². The van der Waals surface area contributed by atoms with Gasteiger partial charge in [0.1, 0.15) is 0 Å². The Morgan fingerprint density at radius 1 is 1.10 bits per heavy atom. The molecule has 30 heavy (non-hydrogen) atoms. The number of nitrogens with one attached hydrogen (secondary N) is 1. The lowest BCUT2D eigenvalue weighted by molar-refractivity contribution is 0.0788. The third-order valence-corrected chi connectivity index (χ3v) is 5.94. The second kappa shape index (κ2) is 7.63. The Kier molecular flexibility index (Phi) is 5.14. The molecule has 0 saturated carbocycles. The van der Waals surface area contributed by atoms with Crippen LogP contribution in [-0.4, -0.2) is 78.7 Å². The Balaban J connectivity index is 1.58. The largest absolute Gasteiger partial charge is 0.450 e. The van der Waals surface area contributed by atoms with Crippen molar-refractivity contribution in [1.82, 2.24) is 33.3 Å². The van der Waals surface area contributed by atoms with Gasteiger partial charge in [-0.25, -0.2) is 9.59 Å². The van der Waals surface area contributed by atoms with E-state index < -0.39 is 11.2 Å². The molecule has 1 N–H and O–H groups in total. The summed E-state index contributed by atoms with van der Waals surface area (Å²) in [7, 11) is 1.60. The standard InChI is InChI=1S/C19H27N7O4/c1-5-30-19(29)24-9-6-23(7-10-24)8-11-25-12(2)13(3)26-14-15(20-17(25)26)22(4)18(28)21-16(14)27/h5-11H2,1-4H3,(H,21,27,28). The summed E-state index contributed by atoms with van der Waals surface area (Å²) in [6.07, 6.45) is -0.254. The second-order valence-corrected chi connectivity index (χ2v) is 7.59. The molecule has 0 aromatic carbocycles. The van der Waals surface area contributed by atoms with E-state index in [1.807, 2.05) is 18.2 Å². The molecule has 11 heteroatoms. The van der Waals surface area contributed by atoms with Gasteiger partial charge in [0.25, 0.3) is 5.56 Å². The third-order valence-electron chi connectivity index (χ3n) is 5.94. The quantitative estimate of drug-likeness (QED) is 0.643. The summed E-state index contributed by atoms with van der Waals surface area (Å²) in [6, 6.07) is 0. The first kappa shape index (κ1) is 20.2. The predicted molar refractivity (Wildman–Crippen MR) is 111 cm³/mol. The van der Waals surface area contributed by atoms with Gasteiger partial charge in [0.2, 0.25) is 5.78 Å². The highest BCUT2D eigenvalue weighted by molar-refractivity contribution is 5.76. The van der Waals surface area contributed by atoms with Gasteiger partial charge in [-0.3, -0.25) is 23.6 Å². The van der Waals surface area contributed by atoms with Crippen LogP contribution in [0.2, 0.25) is 0 Å². The molecule has 4 rings (SSSR count). The van der Waals surface area contributed by atoms with Crippen LogP contribution in [-0.2, 0) is 18.3 Å². The van der Waals surface area contributed by atoms with Crippen molar-refractivity contribution in [3.8, 4) is 0 Å². The number of hydrogen-bond acceptors (Lipinski definition) is 6.